The van der Waals surface area contributed by atoms with Crippen LogP contribution in [0.15, 0.2) is 52.5 Å². The van der Waals surface area contributed by atoms with E-state index in [-0.39, 0.29) is 5.69 Å². The Bertz CT molecular complexity index is 854. The average molecular weight is 313 g/mol. The van der Waals surface area contributed by atoms with Crippen LogP contribution < -0.4 is 4.74 Å². The number of methoxy groups -OCH3 is 1. The Balaban J connectivity index is 1.89. The number of rotatable bonds is 5. The lowest BCUT2D eigenvalue weighted by atomic mass is 10.1. The van der Waals surface area contributed by atoms with E-state index in [0.717, 1.165) is 0 Å². The third-order valence-electron chi connectivity index (χ3n) is 3.01. The Morgan fingerprint density at radius 3 is 2.78 bits per heavy atom. The summed E-state index contributed by atoms with van der Waals surface area (Å²) in [4.78, 5) is 10.3. The van der Waals surface area contributed by atoms with Crippen LogP contribution in [0.25, 0.3) is 11.3 Å². The number of hydrogen-bond donors (Lipinski definition) is 0. The first kappa shape index (κ1) is 14.4. The number of hydrogen-bond acceptors (Lipinski definition) is 7. The first-order valence-electron chi connectivity index (χ1n) is 6.49. The highest BCUT2D eigenvalue weighted by Gasteiger charge is 2.15. The Labute approximate surface area is 130 Å². The smallest absolute Gasteiger partial charge is 0.273 e. The fourth-order valence-electron chi connectivity index (χ4n) is 1.94. The molecule has 9 nitrogen and oxygen atoms in total. The summed E-state index contributed by atoms with van der Waals surface area (Å²) >= 11 is 0. The lowest BCUT2D eigenvalue weighted by molar-refractivity contribution is -0.384. The van der Waals surface area contributed by atoms with Crippen LogP contribution in [0.1, 0.15) is 5.76 Å². The molecule has 1 aromatic carbocycles. The molecule has 9 heteroatoms. The maximum Gasteiger partial charge on any atom is 0.273 e. The highest BCUT2D eigenvalue weighted by Crippen LogP contribution is 2.33. The second kappa shape index (κ2) is 6.10. The van der Waals surface area contributed by atoms with Gasteiger partial charge in [0.1, 0.15) is 29.9 Å². The molecule has 2 heterocycles. The average Bonchev–Trinajstić information content (AvgIpc) is 3.23. The third-order valence-corrected chi connectivity index (χ3v) is 3.01. The minimum atomic E-state index is -0.480. The quantitative estimate of drug-likeness (QED) is 0.406. The van der Waals surface area contributed by atoms with E-state index in [2.05, 4.69) is 15.3 Å². The molecule has 3 aromatic rings. The molecule has 0 aliphatic carbocycles. The van der Waals surface area contributed by atoms with E-state index in [0.29, 0.717) is 22.8 Å². The van der Waals surface area contributed by atoms with Crippen LogP contribution in [-0.2, 0) is 0 Å². The second-order valence-corrected chi connectivity index (χ2v) is 4.43. The lowest BCUT2D eigenvalue weighted by Gasteiger charge is -2.05. The summed E-state index contributed by atoms with van der Waals surface area (Å²) in [5, 5.41) is 22.1. The Kier molecular flexibility index (Phi) is 3.83. The molecule has 0 N–H and O–H groups in total. The molecule has 0 saturated heterocycles. The Morgan fingerprint density at radius 2 is 2.09 bits per heavy atom. The van der Waals surface area contributed by atoms with Crippen LogP contribution in [0.3, 0.4) is 0 Å². The van der Waals surface area contributed by atoms with Gasteiger partial charge < -0.3 is 9.15 Å². The van der Waals surface area contributed by atoms with Gasteiger partial charge in [-0.3, -0.25) is 10.1 Å². The summed E-state index contributed by atoms with van der Waals surface area (Å²) in [6.45, 7) is 0. The molecule has 0 atom stereocenters. The van der Waals surface area contributed by atoms with Gasteiger partial charge in [-0.2, -0.15) is 5.10 Å². The Hall–Kier alpha value is -3.49. The van der Waals surface area contributed by atoms with E-state index in [9.17, 15) is 10.1 Å². The molecule has 0 saturated carbocycles. The predicted molar refractivity (Wildman–Crippen MR) is 80.4 cm³/mol. The summed E-state index contributed by atoms with van der Waals surface area (Å²) in [7, 11) is 1.44. The molecule has 0 unspecified atom stereocenters. The summed E-state index contributed by atoms with van der Waals surface area (Å²) in [6.07, 6.45) is 4.39. The molecule has 116 valence electrons. The Morgan fingerprint density at radius 1 is 1.30 bits per heavy atom. The molecule has 23 heavy (non-hydrogen) atoms. The van der Waals surface area contributed by atoms with Gasteiger partial charge in [0, 0.05) is 6.07 Å². The first-order chi connectivity index (χ1) is 11.2. The molecular weight excluding hydrogens is 302 g/mol. The van der Waals surface area contributed by atoms with Crippen molar-refractivity contribution in [3.8, 4) is 17.1 Å². The molecular formula is C14H11N5O4. The zero-order valence-corrected chi connectivity index (χ0v) is 12.0. The second-order valence-electron chi connectivity index (χ2n) is 4.43. The molecule has 0 bridgehead atoms. The summed E-state index contributed by atoms with van der Waals surface area (Å²) in [6, 6.07) is 7.78. The molecule has 0 spiro atoms. The summed E-state index contributed by atoms with van der Waals surface area (Å²) in [5.74, 6) is 1.38. The summed E-state index contributed by atoms with van der Waals surface area (Å²) in [5.41, 5.74) is 0.564. The number of nitro benzene ring substituents is 1. The number of ether oxygens (including phenoxy) is 1. The summed E-state index contributed by atoms with van der Waals surface area (Å²) < 4.78 is 12.3. The minimum Gasteiger partial charge on any atom is -0.496 e. The van der Waals surface area contributed by atoms with Gasteiger partial charge in [-0.05, 0) is 18.2 Å². The van der Waals surface area contributed by atoms with Crippen molar-refractivity contribution < 1.29 is 14.1 Å². The van der Waals surface area contributed by atoms with Gasteiger partial charge in [0.25, 0.3) is 5.69 Å². The monoisotopic (exact) mass is 313 g/mol. The standard InChI is InChI=1S/C14H11N5O4/c1-22-14-6-10(19(20)21)2-4-12(14)13-5-3-11(23-13)7-17-18-8-15-16-9-18/h2-9H,1H3. The highest BCUT2D eigenvalue weighted by atomic mass is 16.6. The van der Waals surface area contributed by atoms with Gasteiger partial charge in [0.05, 0.1) is 29.9 Å². The number of non-ortho nitro benzene ring substituents is 1. The number of furan rings is 1. The lowest BCUT2D eigenvalue weighted by Crippen LogP contribution is -1.92. The van der Waals surface area contributed by atoms with Crippen molar-refractivity contribution in [2.75, 3.05) is 7.11 Å². The maximum atomic E-state index is 10.8. The van der Waals surface area contributed by atoms with Crippen molar-refractivity contribution in [1.82, 2.24) is 14.9 Å². The van der Waals surface area contributed by atoms with Crippen LogP contribution in [-0.4, -0.2) is 33.1 Å². The van der Waals surface area contributed by atoms with Crippen molar-refractivity contribution in [3.05, 3.63) is 58.9 Å². The van der Waals surface area contributed by atoms with Crippen molar-refractivity contribution in [2.45, 2.75) is 0 Å². The number of nitro groups is 1. The maximum absolute atomic E-state index is 10.8. The third kappa shape index (κ3) is 3.07. The van der Waals surface area contributed by atoms with E-state index in [1.165, 1.54) is 42.8 Å². The van der Waals surface area contributed by atoms with Crippen LogP contribution in [0, 0.1) is 10.1 Å². The van der Waals surface area contributed by atoms with Crippen LogP contribution in [0.5, 0.6) is 5.75 Å². The van der Waals surface area contributed by atoms with Gasteiger partial charge in [0.15, 0.2) is 0 Å². The normalized spacial score (nSPS) is 11.0. The van der Waals surface area contributed by atoms with E-state index >= 15 is 0 Å². The number of nitrogens with zero attached hydrogens (tertiary/aromatic N) is 5. The van der Waals surface area contributed by atoms with Gasteiger partial charge in [0.2, 0.25) is 0 Å². The van der Waals surface area contributed by atoms with Crippen molar-refractivity contribution in [1.29, 1.82) is 0 Å². The molecule has 0 fully saturated rings. The van der Waals surface area contributed by atoms with Gasteiger partial charge >= 0.3 is 0 Å². The predicted octanol–water partition coefficient (Wildman–Crippen LogP) is 2.34. The number of aromatic nitrogens is 3. The van der Waals surface area contributed by atoms with E-state index in [1.54, 1.807) is 18.2 Å². The fourth-order valence-corrected chi connectivity index (χ4v) is 1.94. The molecule has 2 aromatic heterocycles. The van der Waals surface area contributed by atoms with Crippen molar-refractivity contribution >= 4 is 11.9 Å². The van der Waals surface area contributed by atoms with Crippen molar-refractivity contribution in [3.63, 3.8) is 0 Å². The highest BCUT2D eigenvalue weighted by molar-refractivity contribution is 5.78. The zero-order chi connectivity index (χ0) is 16.2. The van der Waals surface area contributed by atoms with Crippen molar-refractivity contribution in [2.24, 2.45) is 5.10 Å². The van der Waals surface area contributed by atoms with E-state index < -0.39 is 4.92 Å². The molecule has 3 rings (SSSR count). The molecule has 0 radical (unpaired) electrons. The van der Waals surface area contributed by atoms with E-state index in [1.807, 2.05) is 0 Å². The van der Waals surface area contributed by atoms with Gasteiger partial charge in [-0.1, -0.05) is 0 Å². The van der Waals surface area contributed by atoms with Crippen LogP contribution in [0.4, 0.5) is 5.69 Å². The zero-order valence-electron chi connectivity index (χ0n) is 12.0. The van der Waals surface area contributed by atoms with Crippen LogP contribution >= 0.6 is 0 Å². The topological polar surface area (TPSA) is 109 Å². The number of benzene rings is 1. The fraction of sp³-hybridized carbons (Fsp3) is 0.0714. The van der Waals surface area contributed by atoms with E-state index in [4.69, 9.17) is 9.15 Å². The molecule has 0 aliphatic heterocycles. The largest absolute Gasteiger partial charge is 0.496 e. The van der Waals surface area contributed by atoms with Gasteiger partial charge in [-0.15, -0.1) is 10.2 Å². The SMILES string of the molecule is COc1cc([N+](=O)[O-])ccc1-c1ccc(C=Nn2cnnc2)o1. The molecule has 0 amide bonds. The minimum absolute atomic E-state index is 0.0495. The van der Waals surface area contributed by atoms with Gasteiger partial charge in [-0.25, -0.2) is 4.68 Å². The molecule has 0 aliphatic rings. The first-order valence-corrected chi connectivity index (χ1v) is 6.49. The van der Waals surface area contributed by atoms with Crippen LogP contribution in [0.2, 0.25) is 0 Å².